The summed E-state index contributed by atoms with van der Waals surface area (Å²) < 4.78 is 13.1. The first-order valence-corrected chi connectivity index (χ1v) is 9.82. The predicted octanol–water partition coefficient (Wildman–Crippen LogP) is 3.51. The third kappa shape index (κ3) is 3.92. The van der Waals surface area contributed by atoms with Crippen LogP contribution in [0.5, 0.6) is 0 Å². The van der Waals surface area contributed by atoms with Crippen LogP contribution in [-0.2, 0) is 16.0 Å². The zero-order chi connectivity index (χ0) is 18.1. The van der Waals surface area contributed by atoms with Gasteiger partial charge in [-0.2, -0.15) is 0 Å². The molecule has 0 atom stereocenters. The second-order valence-electron chi connectivity index (χ2n) is 8.82. The maximum Gasteiger partial charge on any atom is 0.238 e. The summed E-state index contributed by atoms with van der Waals surface area (Å²) in [5.74, 6) is 1.82. The van der Waals surface area contributed by atoms with Gasteiger partial charge in [-0.05, 0) is 85.8 Å². The van der Waals surface area contributed by atoms with Crippen molar-refractivity contribution in [2.24, 2.45) is 23.2 Å². The van der Waals surface area contributed by atoms with E-state index in [0.29, 0.717) is 12.8 Å². The SMILES string of the molecule is O=C(CCc1cccc(F)c1)NNC(=O)CC12CC3CC(CC(C3)C1)C2. The van der Waals surface area contributed by atoms with Gasteiger partial charge in [-0.15, -0.1) is 0 Å². The number of benzene rings is 1. The van der Waals surface area contributed by atoms with Crippen LogP contribution in [0, 0.1) is 29.0 Å². The van der Waals surface area contributed by atoms with E-state index in [1.165, 1.54) is 50.7 Å². The minimum atomic E-state index is -0.299. The van der Waals surface area contributed by atoms with Crippen LogP contribution in [-0.4, -0.2) is 11.8 Å². The van der Waals surface area contributed by atoms with Crippen LogP contribution in [0.1, 0.15) is 56.9 Å². The second-order valence-corrected chi connectivity index (χ2v) is 8.82. The lowest BCUT2D eigenvalue weighted by atomic mass is 9.49. The fourth-order valence-corrected chi connectivity index (χ4v) is 6.04. The molecular weight excluding hydrogens is 331 g/mol. The second kappa shape index (κ2) is 7.01. The van der Waals surface area contributed by atoms with Gasteiger partial charge < -0.3 is 0 Å². The summed E-state index contributed by atoms with van der Waals surface area (Å²) in [6.07, 6.45) is 8.82. The lowest BCUT2D eigenvalue weighted by Crippen LogP contribution is -2.50. The highest BCUT2D eigenvalue weighted by molar-refractivity contribution is 5.82. The highest BCUT2D eigenvalue weighted by atomic mass is 19.1. The van der Waals surface area contributed by atoms with Crippen molar-refractivity contribution in [1.82, 2.24) is 10.9 Å². The van der Waals surface area contributed by atoms with Gasteiger partial charge in [0, 0.05) is 12.8 Å². The van der Waals surface area contributed by atoms with E-state index in [1.807, 2.05) is 0 Å². The lowest BCUT2D eigenvalue weighted by molar-refractivity contribution is -0.134. The zero-order valence-electron chi connectivity index (χ0n) is 15.1. The van der Waals surface area contributed by atoms with Crippen molar-refractivity contribution in [2.45, 2.75) is 57.8 Å². The van der Waals surface area contributed by atoms with Gasteiger partial charge in [-0.1, -0.05) is 12.1 Å². The van der Waals surface area contributed by atoms with Crippen molar-refractivity contribution in [1.29, 1.82) is 0 Å². The average Bonchev–Trinajstić information content (AvgIpc) is 2.56. The van der Waals surface area contributed by atoms with Crippen molar-refractivity contribution in [3.8, 4) is 0 Å². The molecule has 2 N–H and O–H groups in total. The molecule has 0 unspecified atom stereocenters. The number of amides is 2. The van der Waals surface area contributed by atoms with E-state index in [0.717, 1.165) is 23.3 Å². The number of hydrazine groups is 1. The molecule has 2 amide bonds. The number of carbonyl (C=O) groups excluding carboxylic acids is 2. The molecule has 4 fully saturated rings. The van der Waals surface area contributed by atoms with Crippen LogP contribution in [0.3, 0.4) is 0 Å². The lowest BCUT2D eigenvalue weighted by Gasteiger charge is -2.56. The first kappa shape index (κ1) is 17.5. The van der Waals surface area contributed by atoms with Crippen LogP contribution in [0.4, 0.5) is 4.39 Å². The fraction of sp³-hybridized carbons (Fsp3) is 0.619. The molecule has 1 aromatic rings. The average molecular weight is 358 g/mol. The summed E-state index contributed by atoms with van der Waals surface area (Å²) in [6, 6.07) is 6.24. The van der Waals surface area contributed by atoms with Crippen LogP contribution in [0.2, 0.25) is 0 Å². The molecule has 4 saturated carbocycles. The molecule has 0 aliphatic heterocycles. The Hall–Kier alpha value is -1.91. The van der Waals surface area contributed by atoms with Crippen molar-refractivity contribution in [3.63, 3.8) is 0 Å². The monoisotopic (exact) mass is 358 g/mol. The minimum absolute atomic E-state index is 0.0777. The first-order valence-electron chi connectivity index (χ1n) is 9.82. The zero-order valence-corrected chi connectivity index (χ0v) is 15.1. The number of carbonyl (C=O) groups is 2. The normalized spacial score (nSPS) is 31.7. The van der Waals surface area contributed by atoms with E-state index in [1.54, 1.807) is 12.1 Å². The Morgan fingerprint density at radius 1 is 1.00 bits per heavy atom. The molecule has 0 spiro atoms. The van der Waals surface area contributed by atoms with E-state index in [4.69, 9.17) is 0 Å². The van der Waals surface area contributed by atoms with Crippen molar-refractivity contribution in [2.75, 3.05) is 0 Å². The predicted molar refractivity (Wildman–Crippen MR) is 96.2 cm³/mol. The third-order valence-electron chi connectivity index (χ3n) is 6.57. The number of halogens is 1. The molecule has 5 heteroatoms. The minimum Gasteiger partial charge on any atom is -0.273 e. The number of nitrogens with one attached hydrogen (secondary N) is 2. The Morgan fingerprint density at radius 2 is 1.62 bits per heavy atom. The maximum atomic E-state index is 13.1. The maximum absolute atomic E-state index is 13.1. The molecule has 1 aromatic carbocycles. The van der Waals surface area contributed by atoms with Crippen LogP contribution in [0.15, 0.2) is 24.3 Å². The van der Waals surface area contributed by atoms with E-state index in [2.05, 4.69) is 10.9 Å². The largest absolute Gasteiger partial charge is 0.273 e. The van der Waals surface area contributed by atoms with Gasteiger partial charge in [0.2, 0.25) is 11.8 Å². The van der Waals surface area contributed by atoms with Gasteiger partial charge in [-0.3, -0.25) is 20.4 Å². The summed E-state index contributed by atoms with van der Waals surface area (Å²) in [6.45, 7) is 0. The van der Waals surface area contributed by atoms with E-state index < -0.39 is 0 Å². The summed E-state index contributed by atoms with van der Waals surface area (Å²) in [7, 11) is 0. The van der Waals surface area contributed by atoms with Crippen molar-refractivity contribution < 1.29 is 14.0 Å². The molecular formula is C21H27FN2O2. The Balaban J connectivity index is 1.22. The summed E-state index contributed by atoms with van der Waals surface area (Å²) >= 11 is 0. The summed E-state index contributed by atoms with van der Waals surface area (Å²) in [4.78, 5) is 24.3. The molecule has 4 aliphatic carbocycles. The highest BCUT2D eigenvalue weighted by Crippen LogP contribution is 2.61. The fourth-order valence-electron chi connectivity index (χ4n) is 6.04. The molecule has 0 saturated heterocycles. The number of hydrogen-bond acceptors (Lipinski definition) is 2. The topological polar surface area (TPSA) is 58.2 Å². The van der Waals surface area contributed by atoms with Gasteiger partial charge in [-0.25, -0.2) is 4.39 Å². The molecule has 26 heavy (non-hydrogen) atoms. The van der Waals surface area contributed by atoms with Gasteiger partial charge in [0.25, 0.3) is 0 Å². The number of aryl methyl sites for hydroxylation is 1. The number of rotatable bonds is 5. The van der Waals surface area contributed by atoms with Crippen LogP contribution < -0.4 is 10.9 Å². The standard InChI is InChI=1S/C21H27FN2O2/c22-18-3-1-2-14(9-18)4-5-19(25)23-24-20(26)13-21-10-15-6-16(11-21)8-17(7-15)12-21/h1-3,9,15-17H,4-8,10-13H2,(H,23,25)(H,24,26). The molecule has 0 heterocycles. The summed E-state index contributed by atoms with van der Waals surface area (Å²) in [5.41, 5.74) is 6.06. The first-order chi connectivity index (χ1) is 12.5. The molecule has 4 aliphatic rings. The molecule has 140 valence electrons. The van der Waals surface area contributed by atoms with Crippen molar-refractivity contribution >= 4 is 11.8 Å². The molecule has 5 rings (SSSR count). The third-order valence-corrected chi connectivity index (χ3v) is 6.57. The Kier molecular flexibility index (Phi) is 4.72. The Labute approximate surface area is 153 Å². The van der Waals surface area contributed by atoms with Gasteiger partial charge in [0.1, 0.15) is 5.82 Å². The van der Waals surface area contributed by atoms with E-state index >= 15 is 0 Å². The highest BCUT2D eigenvalue weighted by Gasteiger charge is 2.51. The number of hydrogen-bond donors (Lipinski definition) is 2. The van der Waals surface area contributed by atoms with E-state index in [9.17, 15) is 14.0 Å². The van der Waals surface area contributed by atoms with Crippen LogP contribution in [0.25, 0.3) is 0 Å². The summed E-state index contributed by atoms with van der Waals surface area (Å²) in [5, 5.41) is 0. The van der Waals surface area contributed by atoms with Gasteiger partial charge in [0.05, 0.1) is 0 Å². The van der Waals surface area contributed by atoms with Gasteiger partial charge in [0.15, 0.2) is 0 Å². The quantitative estimate of drug-likeness (QED) is 0.792. The van der Waals surface area contributed by atoms with Crippen molar-refractivity contribution in [3.05, 3.63) is 35.6 Å². The smallest absolute Gasteiger partial charge is 0.238 e. The van der Waals surface area contributed by atoms with E-state index in [-0.39, 0.29) is 29.5 Å². The Morgan fingerprint density at radius 3 is 2.23 bits per heavy atom. The molecule has 0 aromatic heterocycles. The van der Waals surface area contributed by atoms with Crippen LogP contribution >= 0.6 is 0 Å². The molecule has 4 bridgehead atoms. The molecule has 0 radical (unpaired) electrons. The molecule has 4 nitrogen and oxygen atoms in total. The Bertz CT molecular complexity index is 668. The van der Waals surface area contributed by atoms with Gasteiger partial charge >= 0.3 is 0 Å².